The molecule has 1 saturated heterocycles. The lowest BCUT2D eigenvalue weighted by molar-refractivity contribution is -0.124. The van der Waals surface area contributed by atoms with E-state index in [0.717, 1.165) is 42.8 Å². The van der Waals surface area contributed by atoms with Crippen molar-refractivity contribution < 1.29 is 14.3 Å². The Morgan fingerprint density at radius 2 is 2.00 bits per heavy atom. The molecule has 3 amide bonds. The van der Waals surface area contributed by atoms with E-state index in [4.69, 9.17) is 4.74 Å². The predicted octanol–water partition coefficient (Wildman–Crippen LogP) is 1.47. The van der Waals surface area contributed by atoms with Gasteiger partial charge in [0.05, 0.1) is 0 Å². The molecule has 0 saturated carbocycles. The molecule has 1 aromatic rings. The summed E-state index contributed by atoms with van der Waals surface area (Å²) in [6.07, 6.45) is 1.52. The van der Waals surface area contributed by atoms with E-state index in [1.807, 2.05) is 32.0 Å². The van der Waals surface area contributed by atoms with E-state index >= 15 is 0 Å². The van der Waals surface area contributed by atoms with E-state index in [-0.39, 0.29) is 18.6 Å². The Balaban J connectivity index is 1.72. The zero-order chi connectivity index (χ0) is 15.9. The van der Waals surface area contributed by atoms with Crippen molar-refractivity contribution in [1.82, 2.24) is 16.0 Å². The van der Waals surface area contributed by atoms with Crippen molar-refractivity contribution in [3.63, 3.8) is 0 Å². The normalized spacial score (nSPS) is 15.2. The topological polar surface area (TPSA) is 79.5 Å². The van der Waals surface area contributed by atoms with E-state index in [9.17, 15) is 9.59 Å². The lowest BCUT2D eigenvalue weighted by Crippen LogP contribution is -2.45. The molecule has 0 aliphatic carbocycles. The van der Waals surface area contributed by atoms with Crippen LogP contribution < -0.4 is 20.7 Å². The van der Waals surface area contributed by atoms with Gasteiger partial charge in [-0.15, -0.1) is 0 Å². The summed E-state index contributed by atoms with van der Waals surface area (Å²) in [7, 11) is 0. The van der Waals surface area contributed by atoms with Gasteiger partial charge in [-0.3, -0.25) is 10.1 Å². The van der Waals surface area contributed by atoms with Crippen molar-refractivity contribution in [2.45, 2.75) is 26.7 Å². The van der Waals surface area contributed by atoms with Crippen LogP contribution in [0.15, 0.2) is 18.2 Å². The number of piperidine rings is 1. The fraction of sp³-hybridized carbons (Fsp3) is 0.500. The van der Waals surface area contributed by atoms with Gasteiger partial charge in [0.15, 0.2) is 6.73 Å². The van der Waals surface area contributed by atoms with Crippen LogP contribution in [0, 0.1) is 19.8 Å². The van der Waals surface area contributed by atoms with E-state index in [0.29, 0.717) is 0 Å². The largest absolute Gasteiger partial charge is 0.473 e. The van der Waals surface area contributed by atoms with Gasteiger partial charge in [0, 0.05) is 5.92 Å². The van der Waals surface area contributed by atoms with Gasteiger partial charge in [0.1, 0.15) is 5.75 Å². The maximum Gasteiger partial charge on any atom is 0.324 e. The predicted molar refractivity (Wildman–Crippen MR) is 83.7 cm³/mol. The molecule has 1 fully saturated rings. The zero-order valence-corrected chi connectivity index (χ0v) is 13.1. The monoisotopic (exact) mass is 305 g/mol. The molecule has 2 rings (SSSR count). The van der Waals surface area contributed by atoms with Crippen molar-refractivity contribution >= 4 is 11.9 Å². The Labute approximate surface area is 130 Å². The molecule has 1 aliphatic rings. The highest BCUT2D eigenvalue weighted by atomic mass is 16.5. The highest BCUT2D eigenvalue weighted by Gasteiger charge is 2.22. The molecule has 22 heavy (non-hydrogen) atoms. The Bertz CT molecular complexity index is 539. The number of ether oxygens (including phenoxy) is 1. The van der Waals surface area contributed by atoms with Gasteiger partial charge in [-0.2, -0.15) is 0 Å². The first-order valence-electron chi connectivity index (χ1n) is 7.55. The second-order valence-corrected chi connectivity index (χ2v) is 5.58. The Morgan fingerprint density at radius 3 is 2.68 bits per heavy atom. The molecular formula is C16H23N3O3. The molecule has 0 unspecified atom stereocenters. The summed E-state index contributed by atoms with van der Waals surface area (Å²) in [6, 6.07) is 5.30. The fourth-order valence-electron chi connectivity index (χ4n) is 2.48. The van der Waals surface area contributed by atoms with E-state index in [2.05, 4.69) is 16.0 Å². The van der Waals surface area contributed by atoms with Crippen LogP contribution in [-0.4, -0.2) is 31.8 Å². The molecule has 0 aromatic heterocycles. The first-order chi connectivity index (χ1) is 10.6. The molecule has 0 radical (unpaired) electrons. The smallest absolute Gasteiger partial charge is 0.324 e. The molecule has 3 N–H and O–H groups in total. The minimum Gasteiger partial charge on any atom is -0.473 e. The van der Waals surface area contributed by atoms with Gasteiger partial charge in [-0.05, 0) is 51.4 Å². The summed E-state index contributed by atoms with van der Waals surface area (Å²) in [6.45, 7) is 5.61. The summed E-state index contributed by atoms with van der Waals surface area (Å²) in [5.41, 5.74) is 2.16. The van der Waals surface area contributed by atoms with Gasteiger partial charge < -0.3 is 15.4 Å². The Morgan fingerprint density at radius 1 is 1.27 bits per heavy atom. The number of amides is 3. The highest BCUT2D eigenvalue weighted by molar-refractivity contribution is 5.95. The molecule has 6 nitrogen and oxygen atoms in total. The number of carbonyl (C=O) groups is 2. The molecule has 0 atom stereocenters. The minimum atomic E-state index is -0.520. The maximum absolute atomic E-state index is 11.9. The Kier molecular flexibility index (Phi) is 5.77. The number of imide groups is 1. The lowest BCUT2D eigenvalue weighted by Gasteiger charge is -2.21. The van der Waals surface area contributed by atoms with Gasteiger partial charge >= 0.3 is 6.03 Å². The number of carbonyl (C=O) groups excluding carboxylic acids is 2. The summed E-state index contributed by atoms with van der Waals surface area (Å²) in [5.74, 6) is 0.411. The molecule has 120 valence electrons. The average molecular weight is 305 g/mol. The molecule has 0 spiro atoms. The Hall–Kier alpha value is -2.08. The number of benzene rings is 1. The van der Waals surface area contributed by atoms with E-state index in [1.54, 1.807) is 0 Å². The molecule has 6 heteroatoms. The summed E-state index contributed by atoms with van der Waals surface area (Å²) >= 11 is 0. The van der Waals surface area contributed by atoms with Crippen LogP contribution in [0.2, 0.25) is 0 Å². The molecule has 1 aromatic carbocycles. The van der Waals surface area contributed by atoms with Crippen LogP contribution in [0.5, 0.6) is 5.75 Å². The quantitative estimate of drug-likeness (QED) is 0.736. The van der Waals surface area contributed by atoms with Crippen molar-refractivity contribution in [2.24, 2.45) is 5.92 Å². The molecular weight excluding hydrogens is 282 g/mol. The number of aryl methyl sites for hydroxylation is 2. The highest BCUT2D eigenvalue weighted by Crippen LogP contribution is 2.18. The zero-order valence-electron chi connectivity index (χ0n) is 13.1. The van der Waals surface area contributed by atoms with Gasteiger partial charge in [-0.1, -0.05) is 17.7 Å². The van der Waals surface area contributed by atoms with Crippen LogP contribution in [0.3, 0.4) is 0 Å². The van der Waals surface area contributed by atoms with Crippen molar-refractivity contribution in [2.75, 3.05) is 19.8 Å². The van der Waals surface area contributed by atoms with Crippen LogP contribution in [0.25, 0.3) is 0 Å². The van der Waals surface area contributed by atoms with Crippen molar-refractivity contribution in [3.05, 3.63) is 29.3 Å². The third kappa shape index (κ3) is 4.73. The number of nitrogens with one attached hydrogen (secondary N) is 3. The average Bonchev–Trinajstić information content (AvgIpc) is 2.50. The number of hydrogen-bond donors (Lipinski definition) is 3. The van der Waals surface area contributed by atoms with E-state index in [1.165, 1.54) is 0 Å². The first kappa shape index (κ1) is 16.3. The molecule has 1 aliphatic heterocycles. The second kappa shape index (κ2) is 7.79. The van der Waals surface area contributed by atoms with Crippen LogP contribution >= 0.6 is 0 Å². The van der Waals surface area contributed by atoms with Crippen LogP contribution in [0.1, 0.15) is 24.0 Å². The number of rotatable bonds is 4. The third-order valence-corrected chi connectivity index (χ3v) is 3.74. The second-order valence-electron chi connectivity index (χ2n) is 5.58. The lowest BCUT2D eigenvalue weighted by atomic mass is 9.97. The maximum atomic E-state index is 11.9. The SMILES string of the molecule is Cc1ccc(OCNC(=O)NC(=O)C2CCNCC2)c(C)c1. The summed E-state index contributed by atoms with van der Waals surface area (Å²) < 4.78 is 5.50. The fourth-order valence-corrected chi connectivity index (χ4v) is 2.48. The summed E-state index contributed by atoms with van der Waals surface area (Å²) in [5, 5.41) is 8.08. The molecule has 1 heterocycles. The minimum absolute atomic E-state index is 0.0231. The third-order valence-electron chi connectivity index (χ3n) is 3.74. The van der Waals surface area contributed by atoms with Crippen molar-refractivity contribution in [1.29, 1.82) is 0 Å². The van der Waals surface area contributed by atoms with Crippen LogP contribution in [-0.2, 0) is 4.79 Å². The first-order valence-corrected chi connectivity index (χ1v) is 7.55. The van der Waals surface area contributed by atoms with Gasteiger partial charge in [-0.25, -0.2) is 4.79 Å². The molecule has 0 bridgehead atoms. The standard InChI is InChI=1S/C16H23N3O3/c1-11-3-4-14(12(2)9-11)22-10-18-16(21)19-15(20)13-5-7-17-8-6-13/h3-4,9,13,17H,5-8,10H2,1-2H3,(H2,18,19,20,21). The van der Waals surface area contributed by atoms with E-state index < -0.39 is 6.03 Å². The van der Waals surface area contributed by atoms with Crippen molar-refractivity contribution in [3.8, 4) is 5.75 Å². The summed E-state index contributed by atoms with van der Waals surface area (Å²) in [4.78, 5) is 23.6. The van der Waals surface area contributed by atoms with Gasteiger partial charge in [0.25, 0.3) is 0 Å². The van der Waals surface area contributed by atoms with Crippen LogP contribution in [0.4, 0.5) is 4.79 Å². The van der Waals surface area contributed by atoms with Gasteiger partial charge in [0.2, 0.25) is 5.91 Å². The number of hydrogen-bond acceptors (Lipinski definition) is 4. The number of urea groups is 1.